The third-order valence-corrected chi connectivity index (χ3v) is 2.99. The summed E-state index contributed by atoms with van der Waals surface area (Å²) in [6.07, 6.45) is 2.03. The number of hydrogen-bond acceptors (Lipinski definition) is 3. The SMILES string of the molecule is CCC(COC)NC(=O)N1CCC[C@H]1C(=O)O. The van der Waals surface area contributed by atoms with E-state index in [0.29, 0.717) is 19.6 Å². The largest absolute Gasteiger partial charge is 0.480 e. The summed E-state index contributed by atoms with van der Waals surface area (Å²) >= 11 is 0. The lowest BCUT2D eigenvalue weighted by Gasteiger charge is -2.25. The number of nitrogens with zero attached hydrogens (tertiary/aromatic N) is 1. The summed E-state index contributed by atoms with van der Waals surface area (Å²) < 4.78 is 4.98. The summed E-state index contributed by atoms with van der Waals surface area (Å²) in [5.74, 6) is -0.933. The van der Waals surface area contributed by atoms with E-state index in [-0.39, 0.29) is 12.1 Å². The second kappa shape index (κ2) is 6.44. The van der Waals surface area contributed by atoms with Crippen LogP contribution in [0.25, 0.3) is 0 Å². The number of carboxylic acid groups (broad SMARTS) is 1. The normalized spacial score (nSPS) is 21.3. The molecular formula is C11H20N2O4. The molecule has 2 amide bonds. The van der Waals surface area contributed by atoms with Crippen molar-refractivity contribution in [3.8, 4) is 0 Å². The molecule has 0 aromatic heterocycles. The van der Waals surface area contributed by atoms with E-state index in [4.69, 9.17) is 9.84 Å². The van der Waals surface area contributed by atoms with Gasteiger partial charge in [-0.1, -0.05) is 6.92 Å². The standard InChI is InChI=1S/C11H20N2O4/c1-3-8(7-17-2)12-11(16)13-6-4-5-9(13)10(14)15/h8-9H,3-7H2,1-2H3,(H,12,16)(H,14,15)/t8?,9-/m0/s1. The molecule has 0 saturated carbocycles. The van der Waals surface area contributed by atoms with Crippen molar-refractivity contribution in [2.75, 3.05) is 20.3 Å². The number of aliphatic carboxylic acids is 1. The van der Waals surface area contributed by atoms with Gasteiger partial charge in [-0.3, -0.25) is 0 Å². The summed E-state index contributed by atoms with van der Waals surface area (Å²) in [6.45, 7) is 2.89. The van der Waals surface area contributed by atoms with E-state index in [1.807, 2.05) is 6.92 Å². The maximum atomic E-state index is 11.9. The van der Waals surface area contributed by atoms with E-state index >= 15 is 0 Å². The topological polar surface area (TPSA) is 78.9 Å². The van der Waals surface area contributed by atoms with E-state index in [1.54, 1.807) is 7.11 Å². The van der Waals surface area contributed by atoms with Crippen molar-refractivity contribution in [2.45, 2.75) is 38.3 Å². The molecule has 2 atom stereocenters. The van der Waals surface area contributed by atoms with E-state index in [2.05, 4.69) is 5.32 Å². The van der Waals surface area contributed by atoms with E-state index in [9.17, 15) is 9.59 Å². The molecule has 0 spiro atoms. The van der Waals surface area contributed by atoms with Crippen molar-refractivity contribution in [3.05, 3.63) is 0 Å². The molecule has 0 bridgehead atoms. The van der Waals surface area contributed by atoms with Gasteiger partial charge in [0.1, 0.15) is 6.04 Å². The van der Waals surface area contributed by atoms with Gasteiger partial charge in [0.2, 0.25) is 0 Å². The van der Waals surface area contributed by atoms with Crippen molar-refractivity contribution in [2.24, 2.45) is 0 Å². The van der Waals surface area contributed by atoms with Crippen LogP contribution in [0, 0.1) is 0 Å². The Hall–Kier alpha value is -1.30. The third-order valence-electron chi connectivity index (χ3n) is 2.99. The lowest BCUT2D eigenvalue weighted by molar-refractivity contribution is -0.141. The number of urea groups is 1. The van der Waals surface area contributed by atoms with Gasteiger partial charge in [0.25, 0.3) is 0 Å². The first-order valence-corrected chi connectivity index (χ1v) is 5.89. The fourth-order valence-electron chi connectivity index (χ4n) is 1.99. The van der Waals surface area contributed by atoms with Crippen LogP contribution in [0.15, 0.2) is 0 Å². The molecule has 0 aromatic carbocycles. The molecule has 1 aliphatic heterocycles. The van der Waals surface area contributed by atoms with Crippen LogP contribution in [0.3, 0.4) is 0 Å². The molecule has 98 valence electrons. The Labute approximate surface area is 101 Å². The molecule has 2 N–H and O–H groups in total. The number of carbonyl (C=O) groups excluding carboxylic acids is 1. The molecule has 1 unspecified atom stereocenters. The third kappa shape index (κ3) is 3.59. The van der Waals surface area contributed by atoms with Crippen LogP contribution in [0.1, 0.15) is 26.2 Å². The number of methoxy groups -OCH3 is 1. The summed E-state index contributed by atoms with van der Waals surface area (Å²) in [7, 11) is 1.57. The first-order chi connectivity index (χ1) is 8.10. The summed E-state index contributed by atoms with van der Waals surface area (Å²) in [4.78, 5) is 24.2. The zero-order valence-electron chi connectivity index (χ0n) is 10.3. The number of carbonyl (C=O) groups is 2. The number of ether oxygens (including phenoxy) is 1. The van der Waals surface area contributed by atoms with Gasteiger partial charge in [0, 0.05) is 13.7 Å². The van der Waals surface area contributed by atoms with Crippen LogP contribution in [0.4, 0.5) is 4.79 Å². The van der Waals surface area contributed by atoms with Crippen LogP contribution in [-0.2, 0) is 9.53 Å². The highest BCUT2D eigenvalue weighted by Crippen LogP contribution is 2.17. The monoisotopic (exact) mass is 244 g/mol. The van der Waals surface area contributed by atoms with Gasteiger partial charge in [0.15, 0.2) is 0 Å². The average molecular weight is 244 g/mol. The zero-order valence-corrected chi connectivity index (χ0v) is 10.3. The Morgan fingerprint density at radius 3 is 2.82 bits per heavy atom. The van der Waals surface area contributed by atoms with Gasteiger partial charge < -0.3 is 20.1 Å². The number of nitrogens with one attached hydrogen (secondary N) is 1. The Bertz CT molecular complexity index is 283. The molecule has 17 heavy (non-hydrogen) atoms. The smallest absolute Gasteiger partial charge is 0.326 e. The number of carboxylic acids is 1. The van der Waals surface area contributed by atoms with Crippen molar-refractivity contribution >= 4 is 12.0 Å². The van der Waals surface area contributed by atoms with Crippen LogP contribution < -0.4 is 5.32 Å². The highest BCUT2D eigenvalue weighted by Gasteiger charge is 2.34. The van der Waals surface area contributed by atoms with E-state index in [0.717, 1.165) is 12.8 Å². The lowest BCUT2D eigenvalue weighted by atomic mass is 10.2. The molecular weight excluding hydrogens is 224 g/mol. The van der Waals surface area contributed by atoms with Crippen molar-refractivity contribution in [3.63, 3.8) is 0 Å². The van der Waals surface area contributed by atoms with Gasteiger partial charge >= 0.3 is 12.0 Å². The quantitative estimate of drug-likeness (QED) is 0.745. The molecule has 1 aliphatic rings. The molecule has 6 heteroatoms. The predicted molar refractivity (Wildman–Crippen MR) is 61.9 cm³/mol. The zero-order chi connectivity index (χ0) is 12.8. The molecule has 0 aliphatic carbocycles. The Balaban J connectivity index is 2.54. The summed E-state index contributed by atoms with van der Waals surface area (Å²) in [5.41, 5.74) is 0. The highest BCUT2D eigenvalue weighted by atomic mass is 16.5. The first kappa shape index (κ1) is 13.8. The summed E-state index contributed by atoms with van der Waals surface area (Å²) in [6, 6.07) is -1.06. The Kier molecular flexibility index (Phi) is 5.21. The molecule has 1 saturated heterocycles. The van der Waals surface area contributed by atoms with Gasteiger partial charge in [0.05, 0.1) is 12.6 Å². The second-order valence-corrected chi connectivity index (χ2v) is 4.20. The van der Waals surface area contributed by atoms with Crippen molar-refractivity contribution < 1.29 is 19.4 Å². The number of hydrogen-bond donors (Lipinski definition) is 2. The fraction of sp³-hybridized carbons (Fsp3) is 0.818. The van der Waals surface area contributed by atoms with E-state index in [1.165, 1.54) is 4.90 Å². The van der Waals surface area contributed by atoms with Crippen molar-refractivity contribution in [1.29, 1.82) is 0 Å². The molecule has 1 fully saturated rings. The maximum absolute atomic E-state index is 11.9. The Morgan fingerprint density at radius 1 is 1.59 bits per heavy atom. The van der Waals surface area contributed by atoms with Gasteiger partial charge in [-0.15, -0.1) is 0 Å². The van der Waals surface area contributed by atoms with Crippen molar-refractivity contribution in [1.82, 2.24) is 10.2 Å². The van der Waals surface area contributed by atoms with Gasteiger partial charge in [-0.25, -0.2) is 9.59 Å². The van der Waals surface area contributed by atoms with Crippen LogP contribution in [-0.4, -0.2) is 54.4 Å². The highest BCUT2D eigenvalue weighted by molar-refractivity contribution is 5.83. The molecule has 1 rings (SSSR count). The minimum atomic E-state index is -0.933. The number of amides is 2. The average Bonchev–Trinajstić information content (AvgIpc) is 2.77. The lowest BCUT2D eigenvalue weighted by Crippen LogP contribution is -2.50. The molecule has 0 radical (unpaired) electrons. The van der Waals surface area contributed by atoms with Crippen LogP contribution >= 0.6 is 0 Å². The Morgan fingerprint density at radius 2 is 2.29 bits per heavy atom. The van der Waals surface area contributed by atoms with Gasteiger partial charge in [-0.2, -0.15) is 0 Å². The second-order valence-electron chi connectivity index (χ2n) is 4.20. The molecule has 0 aromatic rings. The van der Waals surface area contributed by atoms with E-state index < -0.39 is 12.0 Å². The maximum Gasteiger partial charge on any atom is 0.326 e. The van der Waals surface area contributed by atoms with Crippen LogP contribution in [0.2, 0.25) is 0 Å². The minimum Gasteiger partial charge on any atom is -0.480 e. The summed E-state index contributed by atoms with van der Waals surface area (Å²) in [5, 5.41) is 11.8. The van der Waals surface area contributed by atoms with Gasteiger partial charge in [-0.05, 0) is 19.3 Å². The van der Waals surface area contributed by atoms with Crippen LogP contribution in [0.5, 0.6) is 0 Å². The first-order valence-electron chi connectivity index (χ1n) is 5.89. The minimum absolute atomic E-state index is 0.0671. The number of likely N-dealkylation sites (tertiary alicyclic amines) is 1. The molecule has 1 heterocycles. The molecule has 6 nitrogen and oxygen atoms in total. The predicted octanol–water partition coefficient (Wildman–Crippen LogP) is 0.670. The number of rotatable bonds is 5. The fourth-order valence-corrected chi connectivity index (χ4v) is 1.99.